The molecule has 2 rings (SSSR count). The Labute approximate surface area is 132 Å². The molecular formula is C14H13BrClNO2S. The van der Waals surface area contributed by atoms with Crippen molar-refractivity contribution in [1.82, 2.24) is 0 Å². The van der Waals surface area contributed by atoms with Gasteiger partial charge in [0.1, 0.15) is 0 Å². The number of halogens is 2. The zero-order valence-corrected chi connectivity index (χ0v) is 14.1. The molecule has 2 aromatic rings. The molecule has 3 nitrogen and oxygen atoms in total. The molecule has 2 aromatic carbocycles. The van der Waals surface area contributed by atoms with Gasteiger partial charge in [0.25, 0.3) is 10.0 Å². The minimum Gasteiger partial charge on any atom is -0.278 e. The average molecular weight is 375 g/mol. The lowest BCUT2D eigenvalue weighted by atomic mass is 10.2. The third-order valence-corrected chi connectivity index (χ3v) is 5.14. The van der Waals surface area contributed by atoms with Crippen LogP contribution in [0.15, 0.2) is 45.8 Å². The molecule has 20 heavy (non-hydrogen) atoms. The van der Waals surface area contributed by atoms with Crippen molar-refractivity contribution < 1.29 is 8.42 Å². The Morgan fingerprint density at radius 2 is 1.80 bits per heavy atom. The maximum atomic E-state index is 12.5. The predicted molar refractivity (Wildman–Crippen MR) is 85.9 cm³/mol. The van der Waals surface area contributed by atoms with E-state index in [-0.39, 0.29) is 4.90 Å². The van der Waals surface area contributed by atoms with Gasteiger partial charge in [-0.25, -0.2) is 8.42 Å². The van der Waals surface area contributed by atoms with Gasteiger partial charge < -0.3 is 0 Å². The molecule has 0 aliphatic heterocycles. The molecule has 0 bridgehead atoms. The first-order valence-corrected chi connectivity index (χ1v) is 8.50. The molecule has 106 valence electrons. The van der Waals surface area contributed by atoms with E-state index in [1.165, 1.54) is 0 Å². The van der Waals surface area contributed by atoms with Crippen molar-refractivity contribution in [2.24, 2.45) is 0 Å². The van der Waals surface area contributed by atoms with E-state index >= 15 is 0 Å². The van der Waals surface area contributed by atoms with Crippen LogP contribution in [-0.2, 0) is 10.0 Å². The number of benzene rings is 2. The van der Waals surface area contributed by atoms with Crippen LogP contribution in [-0.4, -0.2) is 8.42 Å². The summed E-state index contributed by atoms with van der Waals surface area (Å²) in [6.07, 6.45) is 0. The monoisotopic (exact) mass is 373 g/mol. The summed E-state index contributed by atoms with van der Waals surface area (Å²) in [6, 6.07) is 10.3. The van der Waals surface area contributed by atoms with Gasteiger partial charge in [0.05, 0.1) is 15.6 Å². The molecule has 0 heterocycles. The summed E-state index contributed by atoms with van der Waals surface area (Å²) in [6.45, 7) is 3.61. The summed E-state index contributed by atoms with van der Waals surface area (Å²) in [5, 5.41) is 0.349. The fraction of sp³-hybridized carbons (Fsp3) is 0.143. The number of nitrogens with one attached hydrogen (secondary N) is 1. The highest BCUT2D eigenvalue weighted by atomic mass is 79.9. The van der Waals surface area contributed by atoms with Gasteiger partial charge in [0, 0.05) is 4.47 Å². The zero-order chi connectivity index (χ0) is 14.9. The van der Waals surface area contributed by atoms with Crippen LogP contribution in [0.2, 0.25) is 5.02 Å². The highest BCUT2D eigenvalue weighted by molar-refractivity contribution is 9.10. The van der Waals surface area contributed by atoms with Crippen LogP contribution in [0.25, 0.3) is 0 Å². The molecule has 0 amide bonds. The Hall–Kier alpha value is -1.04. The van der Waals surface area contributed by atoms with Gasteiger partial charge in [-0.2, -0.15) is 0 Å². The van der Waals surface area contributed by atoms with E-state index in [1.54, 1.807) is 37.3 Å². The number of anilines is 1. The maximum Gasteiger partial charge on any atom is 0.262 e. The summed E-state index contributed by atoms with van der Waals surface area (Å²) < 4.78 is 28.2. The normalized spacial score (nSPS) is 11.4. The first-order chi connectivity index (χ1) is 9.29. The van der Waals surface area contributed by atoms with Crippen molar-refractivity contribution in [3.8, 4) is 0 Å². The Morgan fingerprint density at radius 3 is 2.50 bits per heavy atom. The van der Waals surface area contributed by atoms with Crippen LogP contribution in [0.3, 0.4) is 0 Å². The molecule has 6 heteroatoms. The van der Waals surface area contributed by atoms with E-state index in [9.17, 15) is 8.42 Å². The lowest BCUT2D eigenvalue weighted by Crippen LogP contribution is -2.14. The van der Waals surface area contributed by atoms with Crippen LogP contribution in [0, 0.1) is 13.8 Å². The van der Waals surface area contributed by atoms with Gasteiger partial charge in [-0.1, -0.05) is 39.7 Å². The molecule has 0 aliphatic carbocycles. The first kappa shape index (κ1) is 15.4. The number of sulfonamides is 1. The van der Waals surface area contributed by atoms with Crippen molar-refractivity contribution in [2.75, 3.05) is 4.72 Å². The second kappa shape index (κ2) is 5.76. The van der Waals surface area contributed by atoms with Crippen molar-refractivity contribution >= 4 is 43.2 Å². The van der Waals surface area contributed by atoms with Crippen LogP contribution >= 0.6 is 27.5 Å². The molecule has 0 saturated heterocycles. The molecule has 0 aromatic heterocycles. The van der Waals surface area contributed by atoms with Crippen LogP contribution < -0.4 is 4.72 Å². The van der Waals surface area contributed by atoms with E-state index in [0.29, 0.717) is 16.3 Å². The molecule has 0 aliphatic rings. The largest absolute Gasteiger partial charge is 0.278 e. The predicted octanol–water partition coefficient (Wildman–Crippen LogP) is 4.52. The Balaban J connectivity index is 2.46. The zero-order valence-electron chi connectivity index (χ0n) is 10.9. The summed E-state index contributed by atoms with van der Waals surface area (Å²) in [4.78, 5) is 0.258. The molecule has 0 fully saturated rings. The number of hydrogen-bond donors (Lipinski definition) is 1. The van der Waals surface area contributed by atoms with Crippen molar-refractivity contribution in [3.63, 3.8) is 0 Å². The van der Waals surface area contributed by atoms with Crippen molar-refractivity contribution in [1.29, 1.82) is 0 Å². The molecule has 0 atom stereocenters. The lowest BCUT2D eigenvalue weighted by molar-refractivity contribution is 0.600. The topological polar surface area (TPSA) is 46.2 Å². The van der Waals surface area contributed by atoms with Gasteiger partial charge in [-0.05, 0) is 49.2 Å². The second-order valence-corrected chi connectivity index (χ2v) is 7.47. The van der Waals surface area contributed by atoms with Crippen molar-refractivity contribution in [3.05, 3.63) is 57.0 Å². The van der Waals surface area contributed by atoms with Crippen LogP contribution in [0.1, 0.15) is 11.1 Å². The Bertz CT molecular complexity index is 760. The standard InChI is InChI=1S/C14H13BrClNO2S/c1-9-3-4-10(2)14(7-9)20(18,19)17-13-8-11(15)5-6-12(13)16/h3-8,17H,1-2H3. The van der Waals surface area contributed by atoms with E-state index in [1.807, 2.05) is 13.0 Å². The highest BCUT2D eigenvalue weighted by Gasteiger charge is 2.18. The van der Waals surface area contributed by atoms with Gasteiger partial charge >= 0.3 is 0 Å². The Kier molecular flexibility index (Phi) is 4.42. The van der Waals surface area contributed by atoms with Crippen molar-refractivity contribution in [2.45, 2.75) is 18.7 Å². The number of hydrogen-bond acceptors (Lipinski definition) is 2. The third kappa shape index (κ3) is 3.34. The SMILES string of the molecule is Cc1ccc(C)c(S(=O)(=O)Nc2cc(Br)ccc2Cl)c1. The quantitative estimate of drug-likeness (QED) is 0.858. The smallest absolute Gasteiger partial charge is 0.262 e. The minimum absolute atomic E-state index is 0.258. The second-order valence-electron chi connectivity index (χ2n) is 4.50. The van der Waals surface area contributed by atoms with E-state index in [4.69, 9.17) is 11.6 Å². The molecule has 0 spiro atoms. The molecular weight excluding hydrogens is 362 g/mol. The Morgan fingerprint density at radius 1 is 1.10 bits per heavy atom. The van der Waals surface area contributed by atoms with E-state index < -0.39 is 10.0 Å². The van der Waals surface area contributed by atoms with Crippen LogP contribution in [0.4, 0.5) is 5.69 Å². The lowest BCUT2D eigenvalue weighted by Gasteiger charge is -2.12. The van der Waals surface area contributed by atoms with Gasteiger partial charge in [0.2, 0.25) is 0 Å². The fourth-order valence-electron chi connectivity index (χ4n) is 1.77. The minimum atomic E-state index is -3.66. The number of aryl methyl sites for hydroxylation is 2. The van der Waals surface area contributed by atoms with Crippen LogP contribution in [0.5, 0.6) is 0 Å². The molecule has 0 saturated carbocycles. The van der Waals surface area contributed by atoms with E-state index in [2.05, 4.69) is 20.7 Å². The highest BCUT2D eigenvalue weighted by Crippen LogP contribution is 2.28. The van der Waals surface area contributed by atoms with Gasteiger partial charge in [0.15, 0.2) is 0 Å². The van der Waals surface area contributed by atoms with Gasteiger partial charge in [-0.15, -0.1) is 0 Å². The van der Waals surface area contributed by atoms with Gasteiger partial charge in [-0.3, -0.25) is 4.72 Å². The third-order valence-electron chi connectivity index (χ3n) is 2.81. The average Bonchev–Trinajstić information content (AvgIpc) is 2.36. The first-order valence-electron chi connectivity index (χ1n) is 5.85. The molecule has 1 N–H and O–H groups in total. The summed E-state index contributed by atoms with van der Waals surface area (Å²) in [5.41, 5.74) is 1.92. The maximum absolute atomic E-state index is 12.5. The fourth-order valence-corrected chi connectivity index (χ4v) is 3.76. The number of rotatable bonds is 3. The summed E-state index contributed by atoms with van der Waals surface area (Å²) >= 11 is 9.31. The summed E-state index contributed by atoms with van der Waals surface area (Å²) in [7, 11) is -3.66. The molecule has 0 radical (unpaired) electrons. The summed E-state index contributed by atoms with van der Waals surface area (Å²) in [5.74, 6) is 0. The van der Waals surface area contributed by atoms with E-state index in [0.717, 1.165) is 10.0 Å². The molecule has 0 unspecified atom stereocenters.